The van der Waals surface area contributed by atoms with Gasteiger partial charge in [0.05, 0.1) is 18.6 Å². The third kappa shape index (κ3) is 4.42. The Hall–Kier alpha value is -2.94. The van der Waals surface area contributed by atoms with Gasteiger partial charge in [0.1, 0.15) is 5.52 Å². The van der Waals surface area contributed by atoms with Gasteiger partial charge in [-0.15, -0.1) is 0 Å². The molecule has 35 heavy (non-hydrogen) atoms. The van der Waals surface area contributed by atoms with E-state index in [1.165, 1.54) is 0 Å². The molecular formula is C26H35N3O6. The second-order valence-electron chi connectivity index (χ2n) is 9.86. The lowest BCUT2D eigenvalue weighted by atomic mass is 9.57. The lowest BCUT2D eigenvalue weighted by Gasteiger charge is -2.51. The molecule has 2 N–H and O–H groups in total. The van der Waals surface area contributed by atoms with Crippen LogP contribution < -0.4 is 5.73 Å². The van der Waals surface area contributed by atoms with Crippen molar-refractivity contribution in [1.82, 2.24) is 9.88 Å². The number of aromatic nitrogens is 1. The molecule has 1 unspecified atom stereocenters. The number of carbonyl (C=O) groups is 3. The average Bonchev–Trinajstić information content (AvgIpc) is 3.30. The minimum atomic E-state index is -1.87. The molecule has 2 aromatic rings. The fourth-order valence-corrected chi connectivity index (χ4v) is 5.91. The molecule has 1 aliphatic carbocycles. The fraction of sp³-hybridized carbons (Fsp3) is 0.615. The molecule has 190 valence electrons. The van der Waals surface area contributed by atoms with Crippen LogP contribution in [-0.2, 0) is 14.3 Å². The molecule has 1 saturated carbocycles. The van der Waals surface area contributed by atoms with Crippen molar-refractivity contribution in [3.63, 3.8) is 0 Å². The number of oxazole rings is 1. The standard InChI is InChI=1S/C26H35N3O6/c1-4-26(35-24(27)32,21(30)22-28-19-11-10-17(2)16-20(19)34-22)25(3,18-8-6-5-7-9-18)23(31)29-12-14-33-15-13-29/h10-11,16,18H,4-9,12-15H2,1-3H3,(H2,27,32)/t25?,26-/m1/s1. The van der Waals surface area contributed by atoms with Crippen LogP contribution in [0.4, 0.5) is 4.79 Å². The van der Waals surface area contributed by atoms with E-state index < -0.39 is 22.9 Å². The Labute approximate surface area is 205 Å². The van der Waals surface area contributed by atoms with Gasteiger partial charge < -0.3 is 24.5 Å². The number of nitrogens with zero attached hydrogens (tertiary/aromatic N) is 2. The maximum atomic E-state index is 14.3. The third-order valence-corrected chi connectivity index (χ3v) is 7.88. The van der Waals surface area contributed by atoms with Crippen molar-refractivity contribution in [2.75, 3.05) is 26.3 Å². The van der Waals surface area contributed by atoms with E-state index in [2.05, 4.69) is 4.98 Å². The monoisotopic (exact) mass is 485 g/mol. The number of nitrogens with two attached hydrogens (primary N) is 1. The number of rotatable bonds is 7. The largest absolute Gasteiger partial charge is 0.434 e. The molecular weight excluding hydrogens is 450 g/mol. The number of morpholine rings is 1. The van der Waals surface area contributed by atoms with Crippen LogP contribution in [0.1, 0.15) is 68.6 Å². The summed E-state index contributed by atoms with van der Waals surface area (Å²) in [6, 6.07) is 5.44. The van der Waals surface area contributed by atoms with Crippen LogP contribution in [0.25, 0.3) is 11.1 Å². The van der Waals surface area contributed by atoms with Crippen LogP contribution >= 0.6 is 0 Å². The first-order chi connectivity index (χ1) is 16.7. The summed E-state index contributed by atoms with van der Waals surface area (Å²) >= 11 is 0. The minimum absolute atomic E-state index is 0.0512. The van der Waals surface area contributed by atoms with E-state index in [1.54, 1.807) is 30.9 Å². The first-order valence-corrected chi connectivity index (χ1v) is 12.5. The highest BCUT2D eigenvalue weighted by atomic mass is 16.6. The van der Waals surface area contributed by atoms with E-state index in [-0.39, 0.29) is 24.1 Å². The Kier molecular flexibility index (Phi) is 7.17. The van der Waals surface area contributed by atoms with Gasteiger partial charge in [-0.2, -0.15) is 0 Å². The van der Waals surface area contributed by atoms with Gasteiger partial charge in [0, 0.05) is 13.1 Å². The number of primary amides is 1. The summed E-state index contributed by atoms with van der Waals surface area (Å²) < 4.78 is 17.1. The van der Waals surface area contributed by atoms with E-state index in [0.717, 1.165) is 37.7 Å². The maximum Gasteiger partial charge on any atom is 0.405 e. The number of hydrogen-bond donors (Lipinski definition) is 1. The predicted octanol–water partition coefficient (Wildman–Crippen LogP) is 4.01. The van der Waals surface area contributed by atoms with Gasteiger partial charge in [-0.3, -0.25) is 9.59 Å². The number of amides is 2. The molecule has 0 spiro atoms. The summed E-state index contributed by atoms with van der Waals surface area (Å²) in [7, 11) is 0. The Bertz CT molecular complexity index is 1100. The molecule has 4 rings (SSSR count). The number of carbonyl (C=O) groups excluding carboxylic acids is 3. The van der Waals surface area contributed by atoms with Crippen molar-refractivity contribution < 1.29 is 28.3 Å². The maximum absolute atomic E-state index is 14.3. The van der Waals surface area contributed by atoms with Gasteiger partial charge in [0.2, 0.25) is 5.91 Å². The van der Waals surface area contributed by atoms with Crippen molar-refractivity contribution in [3.05, 3.63) is 29.7 Å². The molecule has 1 aromatic carbocycles. The molecule has 9 heteroatoms. The zero-order chi connectivity index (χ0) is 25.2. The van der Waals surface area contributed by atoms with Crippen LogP contribution in [0, 0.1) is 18.3 Å². The summed E-state index contributed by atoms with van der Waals surface area (Å²) in [4.78, 5) is 47.0. The Balaban J connectivity index is 1.88. The highest BCUT2D eigenvalue weighted by Gasteiger charge is 2.65. The summed E-state index contributed by atoms with van der Waals surface area (Å²) in [5.74, 6) is -1.23. The zero-order valence-corrected chi connectivity index (χ0v) is 20.8. The summed E-state index contributed by atoms with van der Waals surface area (Å²) in [5, 5.41) is 0. The van der Waals surface area contributed by atoms with E-state index >= 15 is 0 Å². The fourth-order valence-electron chi connectivity index (χ4n) is 5.91. The zero-order valence-electron chi connectivity index (χ0n) is 20.8. The number of Topliss-reactive ketones (excluding diaryl/α,β-unsaturated/α-hetero) is 1. The van der Waals surface area contributed by atoms with Gasteiger partial charge in [-0.05, 0) is 56.7 Å². The van der Waals surface area contributed by atoms with Crippen LogP contribution in [0.15, 0.2) is 22.6 Å². The first kappa shape index (κ1) is 25.2. The molecule has 1 aromatic heterocycles. The molecule has 2 amide bonds. The number of hydrogen-bond acceptors (Lipinski definition) is 7. The summed E-state index contributed by atoms with van der Waals surface area (Å²) in [6.45, 7) is 7.07. The van der Waals surface area contributed by atoms with Gasteiger partial charge in [-0.1, -0.05) is 32.3 Å². The van der Waals surface area contributed by atoms with Gasteiger partial charge >= 0.3 is 6.09 Å². The Morgan fingerprint density at radius 2 is 1.86 bits per heavy atom. The highest BCUT2D eigenvalue weighted by Crippen LogP contribution is 2.51. The van der Waals surface area contributed by atoms with E-state index in [1.807, 2.05) is 13.0 Å². The second kappa shape index (κ2) is 9.97. The third-order valence-electron chi connectivity index (χ3n) is 7.88. The molecule has 9 nitrogen and oxygen atoms in total. The predicted molar refractivity (Wildman–Crippen MR) is 129 cm³/mol. The van der Waals surface area contributed by atoms with Crippen LogP contribution in [0.2, 0.25) is 0 Å². The van der Waals surface area contributed by atoms with Crippen LogP contribution in [0.5, 0.6) is 0 Å². The second-order valence-corrected chi connectivity index (χ2v) is 9.86. The lowest BCUT2D eigenvalue weighted by Crippen LogP contribution is -2.66. The number of ether oxygens (including phenoxy) is 2. The normalized spacial score (nSPS) is 20.7. The van der Waals surface area contributed by atoms with Crippen molar-refractivity contribution >= 4 is 28.9 Å². The van der Waals surface area contributed by atoms with Crippen molar-refractivity contribution in [3.8, 4) is 0 Å². The SMILES string of the molecule is CC[C@@](OC(N)=O)(C(=O)c1nc2ccc(C)cc2o1)C(C)(C(=O)N1CCOCC1)C1CCCCC1. The van der Waals surface area contributed by atoms with E-state index in [4.69, 9.17) is 19.6 Å². The molecule has 1 aliphatic heterocycles. The molecule has 2 fully saturated rings. The molecule has 2 heterocycles. The molecule has 0 radical (unpaired) electrons. The minimum Gasteiger partial charge on any atom is -0.434 e. The molecule has 2 aliphatic rings. The number of aryl methyl sites for hydroxylation is 1. The molecule has 2 atom stereocenters. The van der Waals surface area contributed by atoms with E-state index in [9.17, 15) is 14.4 Å². The van der Waals surface area contributed by atoms with Gasteiger partial charge in [-0.25, -0.2) is 9.78 Å². The number of ketones is 1. The highest BCUT2D eigenvalue weighted by molar-refractivity contribution is 6.06. The summed E-state index contributed by atoms with van der Waals surface area (Å²) in [5.41, 5.74) is 4.26. The van der Waals surface area contributed by atoms with Gasteiger partial charge in [0.15, 0.2) is 11.2 Å². The summed E-state index contributed by atoms with van der Waals surface area (Å²) in [6.07, 6.45) is 3.37. The van der Waals surface area contributed by atoms with Crippen LogP contribution in [-0.4, -0.2) is 59.6 Å². The lowest BCUT2D eigenvalue weighted by molar-refractivity contribution is -0.168. The smallest absolute Gasteiger partial charge is 0.405 e. The Morgan fingerprint density at radius 3 is 2.49 bits per heavy atom. The molecule has 1 saturated heterocycles. The van der Waals surface area contributed by atoms with Crippen LogP contribution in [0.3, 0.4) is 0 Å². The van der Waals surface area contributed by atoms with Crippen molar-refractivity contribution in [2.24, 2.45) is 17.1 Å². The van der Waals surface area contributed by atoms with Gasteiger partial charge in [0.25, 0.3) is 11.7 Å². The van der Waals surface area contributed by atoms with Crippen molar-refractivity contribution in [2.45, 2.75) is 64.9 Å². The Morgan fingerprint density at radius 1 is 1.17 bits per heavy atom. The number of benzene rings is 1. The number of fused-ring (bicyclic) bond motifs is 1. The first-order valence-electron chi connectivity index (χ1n) is 12.5. The van der Waals surface area contributed by atoms with E-state index in [0.29, 0.717) is 37.4 Å². The average molecular weight is 486 g/mol. The quantitative estimate of drug-likeness (QED) is 0.587. The topological polar surface area (TPSA) is 125 Å². The van der Waals surface area contributed by atoms with Crippen molar-refractivity contribution in [1.29, 1.82) is 0 Å². The molecule has 0 bridgehead atoms.